The fourth-order valence-electron chi connectivity index (χ4n) is 1.78. The second kappa shape index (κ2) is 5.00. The number of nitrogens with two attached hydrogens (primary N) is 1. The molecule has 6 nitrogen and oxygen atoms in total. The molecule has 20 heavy (non-hydrogen) atoms. The number of nitrogen functional groups attached to an aromatic ring is 1. The van der Waals surface area contributed by atoms with Gasteiger partial charge < -0.3 is 15.2 Å². The average molecular weight is 268 g/mol. The van der Waals surface area contributed by atoms with Gasteiger partial charge >= 0.3 is 0 Å². The van der Waals surface area contributed by atoms with Crippen molar-refractivity contribution >= 4 is 16.9 Å². The minimum Gasteiger partial charge on any atom is -0.493 e. The lowest BCUT2D eigenvalue weighted by Gasteiger charge is -2.10. The molecule has 0 bridgehead atoms. The monoisotopic (exact) mass is 268 g/mol. The summed E-state index contributed by atoms with van der Waals surface area (Å²) in [5, 5.41) is 0. The summed E-state index contributed by atoms with van der Waals surface area (Å²) < 4.78 is 10.9. The van der Waals surface area contributed by atoms with Crippen LogP contribution in [-0.4, -0.2) is 22.1 Å². The van der Waals surface area contributed by atoms with Crippen LogP contribution in [0.25, 0.3) is 11.2 Å². The van der Waals surface area contributed by atoms with Crippen molar-refractivity contribution in [3.05, 3.63) is 42.7 Å². The summed E-state index contributed by atoms with van der Waals surface area (Å²) in [6, 6.07) is 8.69. The Balaban J connectivity index is 1.96. The van der Waals surface area contributed by atoms with Gasteiger partial charge in [-0.05, 0) is 18.2 Å². The fraction of sp³-hybridized carbons (Fsp3) is 0.0714. The fourth-order valence-corrected chi connectivity index (χ4v) is 1.78. The van der Waals surface area contributed by atoms with Gasteiger partial charge in [0.1, 0.15) is 5.52 Å². The molecule has 0 spiro atoms. The Kier molecular flexibility index (Phi) is 3.04. The second-order valence-electron chi connectivity index (χ2n) is 4.06. The Bertz CT molecular complexity index is 761. The minimum atomic E-state index is 0.418. The molecule has 100 valence electrons. The van der Waals surface area contributed by atoms with Crippen LogP contribution in [0.15, 0.2) is 42.7 Å². The first-order chi connectivity index (χ1) is 9.76. The van der Waals surface area contributed by atoms with E-state index in [4.69, 9.17) is 15.2 Å². The molecular formula is C14H12N4O2. The predicted molar refractivity (Wildman–Crippen MR) is 74.8 cm³/mol. The van der Waals surface area contributed by atoms with E-state index in [1.165, 1.54) is 0 Å². The molecule has 2 aromatic heterocycles. The van der Waals surface area contributed by atoms with Gasteiger partial charge in [-0.2, -0.15) is 4.98 Å². The van der Waals surface area contributed by atoms with Crippen LogP contribution >= 0.6 is 0 Å². The smallest absolute Gasteiger partial charge is 0.221 e. The van der Waals surface area contributed by atoms with E-state index in [0.717, 1.165) is 0 Å². The normalized spacial score (nSPS) is 10.4. The van der Waals surface area contributed by atoms with Gasteiger partial charge in [0.25, 0.3) is 0 Å². The number of nitrogens with zero attached hydrogens (tertiary/aromatic N) is 3. The molecule has 0 amide bonds. The molecule has 3 aromatic rings. The van der Waals surface area contributed by atoms with E-state index < -0.39 is 0 Å². The van der Waals surface area contributed by atoms with E-state index in [1.54, 1.807) is 49.8 Å². The first-order valence-electron chi connectivity index (χ1n) is 5.95. The van der Waals surface area contributed by atoms with Crippen LogP contribution in [0, 0.1) is 0 Å². The molecule has 0 aliphatic carbocycles. The van der Waals surface area contributed by atoms with Gasteiger partial charge in [0.15, 0.2) is 17.1 Å². The first-order valence-corrected chi connectivity index (χ1v) is 5.95. The third kappa shape index (κ3) is 2.31. The Hall–Kier alpha value is -2.89. The van der Waals surface area contributed by atoms with E-state index >= 15 is 0 Å². The third-order valence-electron chi connectivity index (χ3n) is 2.71. The highest BCUT2D eigenvalue weighted by Crippen LogP contribution is 2.32. The molecule has 1 aromatic carbocycles. The summed E-state index contributed by atoms with van der Waals surface area (Å²) in [5.74, 6) is 1.50. The van der Waals surface area contributed by atoms with Gasteiger partial charge in [-0.1, -0.05) is 0 Å². The SMILES string of the molecule is COc1cc(N)ccc1Oc1ccc2nccnc2n1. The number of benzene rings is 1. The molecule has 0 saturated carbocycles. The van der Waals surface area contributed by atoms with Crippen LogP contribution in [0.5, 0.6) is 17.4 Å². The zero-order chi connectivity index (χ0) is 13.9. The summed E-state index contributed by atoms with van der Waals surface area (Å²) in [5.41, 5.74) is 7.54. The zero-order valence-corrected chi connectivity index (χ0v) is 10.8. The summed E-state index contributed by atoms with van der Waals surface area (Å²) in [4.78, 5) is 12.6. The molecule has 2 N–H and O–H groups in total. The number of ether oxygens (including phenoxy) is 2. The second-order valence-corrected chi connectivity index (χ2v) is 4.06. The maximum atomic E-state index is 5.70. The van der Waals surface area contributed by atoms with Gasteiger partial charge in [-0.15, -0.1) is 0 Å². The molecular weight excluding hydrogens is 256 g/mol. The Labute approximate surface area is 115 Å². The van der Waals surface area contributed by atoms with Crippen molar-refractivity contribution in [1.82, 2.24) is 15.0 Å². The molecule has 0 aliphatic heterocycles. The van der Waals surface area contributed by atoms with Gasteiger partial charge in [-0.3, -0.25) is 4.98 Å². The maximum Gasteiger partial charge on any atom is 0.221 e. The summed E-state index contributed by atoms with van der Waals surface area (Å²) in [6.45, 7) is 0. The number of pyridine rings is 1. The average Bonchev–Trinajstić information content (AvgIpc) is 2.49. The minimum absolute atomic E-state index is 0.418. The van der Waals surface area contributed by atoms with Gasteiger partial charge in [0, 0.05) is 30.2 Å². The van der Waals surface area contributed by atoms with Crippen LogP contribution in [0.1, 0.15) is 0 Å². The molecule has 0 aliphatic rings. The van der Waals surface area contributed by atoms with Crippen molar-refractivity contribution in [2.24, 2.45) is 0 Å². The van der Waals surface area contributed by atoms with Gasteiger partial charge in [-0.25, -0.2) is 4.98 Å². The van der Waals surface area contributed by atoms with Crippen molar-refractivity contribution in [2.75, 3.05) is 12.8 Å². The number of methoxy groups -OCH3 is 1. The lowest BCUT2D eigenvalue weighted by atomic mass is 10.3. The summed E-state index contributed by atoms with van der Waals surface area (Å²) in [7, 11) is 1.56. The molecule has 0 unspecified atom stereocenters. The molecule has 0 saturated heterocycles. The topological polar surface area (TPSA) is 83.2 Å². The lowest BCUT2D eigenvalue weighted by Crippen LogP contribution is -1.95. The van der Waals surface area contributed by atoms with Crippen LogP contribution < -0.4 is 15.2 Å². The quantitative estimate of drug-likeness (QED) is 0.734. The Morgan fingerprint density at radius 2 is 1.85 bits per heavy atom. The Morgan fingerprint density at radius 3 is 2.70 bits per heavy atom. The van der Waals surface area contributed by atoms with Crippen LogP contribution in [0.4, 0.5) is 5.69 Å². The van der Waals surface area contributed by atoms with E-state index in [0.29, 0.717) is 34.2 Å². The van der Waals surface area contributed by atoms with E-state index in [-0.39, 0.29) is 0 Å². The Morgan fingerprint density at radius 1 is 1.00 bits per heavy atom. The third-order valence-corrected chi connectivity index (χ3v) is 2.71. The van der Waals surface area contributed by atoms with Crippen LogP contribution in [-0.2, 0) is 0 Å². The van der Waals surface area contributed by atoms with E-state index in [1.807, 2.05) is 0 Å². The number of aromatic nitrogens is 3. The zero-order valence-electron chi connectivity index (χ0n) is 10.8. The van der Waals surface area contributed by atoms with Crippen molar-refractivity contribution in [3.63, 3.8) is 0 Å². The number of anilines is 1. The summed E-state index contributed by atoms with van der Waals surface area (Å²) >= 11 is 0. The number of rotatable bonds is 3. The number of hydrogen-bond acceptors (Lipinski definition) is 6. The van der Waals surface area contributed by atoms with Gasteiger partial charge in [0.2, 0.25) is 5.88 Å². The lowest BCUT2D eigenvalue weighted by molar-refractivity contribution is 0.375. The van der Waals surface area contributed by atoms with E-state index in [2.05, 4.69) is 15.0 Å². The van der Waals surface area contributed by atoms with E-state index in [9.17, 15) is 0 Å². The van der Waals surface area contributed by atoms with Crippen molar-refractivity contribution in [2.45, 2.75) is 0 Å². The van der Waals surface area contributed by atoms with Crippen molar-refractivity contribution < 1.29 is 9.47 Å². The molecule has 2 heterocycles. The maximum absolute atomic E-state index is 5.70. The first kappa shape index (κ1) is 12.2. The van der Waals surface area contributed by atoms with Crippen LogP contribution in [0.3, 0.4) is 0 Å². The molecule has 0 atom stereocenters. The molecule has 6 heteroatoms. The standard InChI is InChI=1S/C14H12N4O2/c1-19-12-8-9(15)2-4-11(12)20-13-5-3-10-14(18-13)17-7-6-16-10/h2-8H,15H2,1H3. The van der Waals surface area contributed by atoms with Crippen LogP contribution in [0.2, 0.25) is 0 Å². The van der Waals surface area contributed by atoms with Crippen molar-refractivity contribution in [1.29, 1.82) is 0 Å². The molecule has 0 fully saturated rings. The number of hydrogen-bond donors (Lipinski definition) is 1. The number of fused-ring (bicyclic) bond motifs is 1. The summed E-state index contributed by atoms with van der Waals surface area (Å²) in [6.07, 6.45) is 3.20. The largest absolute Gasteiger partial charge is 0.493 e. The molecule has 0 radical (unpaired) electrons. The van der Waals surface area contributed by atoms with Crippen molar-refractivity contribution in [3.8, 4) is 17.4 Å². The highest BCUT2D eigenvalue weighted by atomic mass is 16.5. The highest BCUT2D eigenvalue weighted by molar-refractivity contribution is 5.69. The highest BCUT2D eigenvalue weighted by Gasteiger charge is 2.08. The van der Waals surface area contributed by atoms with Gasteiger partial charge in [0.05, 0.1) is 7.11 Å². The molecule has 3 rings (SSSR count). The predicted octanol–water partition coefficient (Wildman–Crippen LogP) is 2.41.